The van der Waals surface area contributed by atoms with Gasteiger partial charge in [-0.2, -0.15) is 18.2 Å². The van der Waals surface area contributed by atoms with Gasteiger partial charge in [0.1, 0.15) is 5.82 Å². The van der Waals surface area contributed by atoms with Crippen molar-refractivity contribution in [2.75, 3.05) is 10.6 Å². The molecule has 0 radical (unpaired) electrons. The summed E-state index contributed by atoms with van der Waals surface area (Å²) in [7, 11) is 0. The minimum absolute atomic E-state index is 0.189. The van der Waals surface area contributed by atoms with Crippen LogP contribution in [0.15, 0.2) is 54.6 Å². The van der Waals surface area contributed by atoms with E-state index in [0.717, 1.165) is 17.8 Å². The average Bonchev–Trinajstić information content (AvgIpc) is 2.53. The topological polar surface area (TPSA) is 49.8 Å². The summed E-state index contributed by atoms with van der Waals surface area (Å²) in [5, 5.41) is 6.47. The number of halogens is 4. The Morgan fingerprint density at radius 2 is 1.58 bits per heavy atom. The summed E-state index contributed by atoms with van der Waals surface area (Å²) >= 11 is 5.96. The predicted molar refractivity (Wildman–Crippen MR) is 96.2 cm³/mol. The van der Waals surface area contributed by atoms with Crippen LogP contribution in [0.4, 0.5) is 36.3 Å². The minimum Gasteiger partial charge on any atom is -0.340 e. The van der Waals surface area contributed by atoms with Crippen molar-refractivity contribution in [3.63, 3.8) is 0 Å². The summed E-state index contributed by atoms with van der Waals surface area (Å²) in [4.78, 5) is 8.50. The number of aryl methyl sites for hydroxylation is 1. The van der Waals surface area contributed by atoms with E-state index in [1.54, 1.807) is 31.2 Å². The fraction of sp³-hybridized carbons (Fsp3) is 0.111. The molecule has 0 amide bonds. The molecule has 0 aliphatic heterocycles. The lowest BCUT2D eigenvalue weighted by atomic mass is 10.2. The Balaban J connectivity index is 1.84. The van der Waals surface area contributed by atoms with Crippen LogP contribution in [0.5, 0.6) is 0 Å². The van der Waals surface area contributed by atoms with Gasteiger partial charge in [0.15, 0.2) is 0 Å². The van der Waals surface area contributed by atoms with E-state index in [0.29, 0.717) is 16.5 Å². The van der Waals surface area contributed by atoms with Gasteiger partial charge in [0, 0.05) is 28.2 Å². The fourth-order valence-electron chi connectivity index (χ4n) is 2.30. The molecule has 0 spiro atoms. The van der Waals surface area contributed by atoms with Crippen molar-refractivity contribution in [2.45, 2.75) is 13.1 Å². The zero-order chi connectivity index (χ0) is 18.7. The maximum Gasteiger partial charge on any atom is 0.416 e. The smallest absolute Gasteiger partial charge is 0.340 e. The number of aromatic nitrogens is 2. The third-order valence-corrected chi connectivity index (χ3v) is 3.63. The van der Waals surface area contributed by atoms with Crippen molar-refractivity contribution in [1.82, 2.24) is 9.97 Å². The van der Waals surface area contributed by atoms with Gasteiger partial charge in [-0.25, -0.2) is 4.98 Å². The molecular formula is C18H14ClF3N4. The lowest BCUT2D eigenvalue weighted by Crippen LogP contribution is -2.06. The van der Waals surface area contributed by atoms with Crippen molar-refractivity contribution in [2.24, 2.45) is 0 Å². The van der Waals surface area contributed by atoms with Crippen LogP contribution in [0.3, 0.4) is 0 Å². The minimum atomic E-state index is -4.41. The third kappa shape index (κ3) is 4.64. The molecule has 134 valence electrons. The molecule has 1 heterocycles. The van der Waals surface area contributed by atoms with Crippen LogP contribution in [0.1, 0.15) is 11.3 Å². The van der Waals surface area contributed by atoms with E-state index in [1.807, 2.05) is 6.07 Å². The highest BCUT2D eigenvalue weighted by atomic mass is 35.5. The summed E-state index contributed by atoms with van der Waals surface area (Å²) in [5.41, 5.74) is 0.895. The highest BCUT2D eigenvalue weighted by Crippen LogP contribution is 2.31. The predicted octanol–water partition coefficient (Wildman–Crippen LogP) is 5.94. The first kappa shape index (κ1) is 18.0. The maximum absolute atomic E-state index is 12.8. The van der Waals surface area contributed by atoms with Crippen LogP contribution in [-0.4, -0.2) is 9.97 Å². The molecule has 8 heteroatoms. The standard InChI is InChI=1S/C18H14ClF3N4/c1-11-8-16(24-15-7-3-5-13(19)10-15)26-17(23-11)25-14-6-2-4-12(9-14)18(20,21)22/h2-10H,1H3,(H2,23,24,25,26). The van der Waals surface area contributed by atoms with Crippen LogP contribution >= 0.6 is 11.6 Å². The van der Waals surface area contributed by atoms with Gasteiger partial charge in [0.05, 0.1) is 5.56 Å². The zero-order valence-electron chi connectivity index (χ0n) is 13.6. The number of rotatable bonds is 4. The second-order valence-corrected chi connectivity index (χ2v) is 5.99. The molecule has 2 aromatic carbocycles. The Morgan fingerprint density at radius 3 is 2.27 bits per heavy atom. The third-order valence-electron chi connectivity index (χ3n) is 3.40. The Labute approximate surface area is 153 Å². The molecule has 0 atom stereocenters. The van der Waals surface area contributed by atoms with Crippen LogP contribution in [0.2, 0.25) is 5.02 Å². The molecule has 0 bridgehead atoms. The van der Waals surface area contributed by atoms with E-state index >= 15 is 0 Å². The number of anilines is 4. The van der Waals surface area contributed by atoms with E-state index < -0.39 is 11.7 Å². The molecule has 2 N–H and O–H groups in total. The second-order valence-electron chi connectivity index (χ2n) is 5.56. The quantitative estimate of drug-likeness (QED) is 0.589. The summed E-state index contributed by atoms with van der Waals surface area (Å²) in [5.74, 6) is 0.683. The van der Waals surface area contributed by atoms with Gasteiger partial charge in [0.2, 0.25) is 5.95 Å². The summed E-state index contributed by atoms with van der Waals surface area (Å²) < 4.78 is 38.5. The van der Waals surface area contributed by atoms with Gasteiger partial charge < -0.3 is 10.6 Å². The summed E-state index contributed by atoms with van der Waals surface area (Å²) in [6.45, 7) is 1.77. The van der Waals surface area contributed by atoms with Gasteiger partial charge in [-0.3, -0.25) is 0 Å². The lowest BCUT2D eigenvalue weighted by molar-refractivity contribution is -0.137. The molecule has 0 saturated carbocycles. The molecule has 0 saturated heterocycles. The first-order valence-electron chi connectivity index (χ1n) is 7.62. The van der Waals surface area contributed by atoms with Gasteiger partial charge in [-0.15, -0.1) is 0 Å². The van der Waals surface area contributed by atoms with Gasteiger partial charge >= 0.3 is 6.18 Å². The maximum atomic E-state index is 12.8. The molecule has 3 rings (SSSR count). The van der Waals surface area contributed by atoms with Crippen LogP contribution < -0.4 is 10.6 Å². The molecule has 0 aliphatic carbocycles. The molecule has 26 heavy (non-hydrogen) atoms. The van der Waals surface area contributed by atoms with Gasteiger partial charge in [0.25, 0.3) is 0 Å². The Bertz CT molecular complexity index is 928. The first-order valence-corrected chi connectivity index (χ1v) is 8.00. The van der Waals surface area contributed by atoms with E-state index in [9.17, 15) is 13.2 Å². The van der Waals surface area contributed by atoms with E-state index in [1.165, 1.54) is 12.1 Å². The number of nitrogens with one attached hydrogen (secondary N) is 2. The van der Waals surface area contributed by atoms with E-state index in [2.05, 4.69) is 20.6 Å². The summed E-state index contributed by atoms with van der Waals surface area (Å²) in [6, 6.07) is 13.7. The second kappa shape index (κ2) is 7.21. The van der Waals surface area contributed by atoms with Crippen molar-refractivity contribution in [3.8, 4) is 0 Å². The Morgan fingerprint density at radius 1 is 0.885 bits per heavy atom. The fourth-order valence-corrected chi connectivity index (χ4v) is 2.50. The van der Waals surface area contributed by atoms with Crippen molar-refractivity contribution >= 4 is 34.7 Å². The number of benzene rings is 2. The summed E-state index contributed by atoms with van der Waals surface area (Å²) in [6.07, 6.45) is -4.41. The van der Waals surface area contributed by atoms with Crippen LogP contribution in [-0.2, 0) is 6.18 Å². The largest absolute Gasteiger partial charge is 0.416 e. The van der Waals surface area contributed by atoms with Crippen LogP contribution in [0.25, 0.3) is 0 Å². The number of hydrogen-bond donors (Lipinski definition) is 2. The number of alkyl halides is 3. The van der Waals surface area contributed by atoms with E-state index in [-0.39, 0.29) is 11.6 Å². The normalized spacial score (nSPS) is 11.3. The molecule has 4 nitrogen and oxygen atoms in total. The molecule has 0 fully saturated rings. The SMILES string of the molecule is Cc1cc(Nc2cccc(Cl)c2)nc(Nc2cccc(C(F)(F)F)c2)n1. The average molecular weight is 379 g/mol. The monoisotopic (exact) mass is 378 g/mol. The highest BCUT2D eigenvalue weighted by Gasteiger charge is 2.30. The first-order chi connectivity index (χ1) is 12.3. The van der Waals surface area contributed by atoms with Crippen molar-refractivity contribution in [1.29, 1.82) is 0 Å². The zero-order valence-corrected chi connectivity index (χ0v) is 14.4. The molecular weight excluding hydrogens is 365 g/mol. The molecule has 0 aliphatic rings. The van der Waals surface area contributed by atoms with Gasteiger partial charge in [-0.1, -0.05) is 23.7 Å². The highest BCUT2D eigenvalue weighted by molar-refractivity contribution is 6.30. The number of hydrogen-bond acceptors (Lipinski definition) is 4. The Kier molecular flexibility index (Phi) is 4.99. The molecule has 0 unspecified atom stereocenters. The molecule has 1 aromatic heterocycles. The van der Waals surface area contributed by atoms with Crippen LogP contribution in [0, 0.1) is 6.92 Å². The van der Waals surface area contributed by atoms with Crippen molar-refractivity contribution in [3.05, 3.63) is 70.9 Å². The lowest BCUT2D eigenvalue weighted by Gasteiger charge is -2.12. The van der Waals surface area contributed by atoms with E-state index in [4.69, 9.17) is 11.6 Å². The molecule has 3 aromatic rings. The number of nitrogens with zero attached hydrogens (tertiary/aromatic N) is 2. The Hall–Kier alpha value is -2.80. The van der Waals surface area contributed by atoms with Gasteiger partial charge in [-0.05, 0) is 43.3 Å². The van der Waals surface area contributed by atoms with Crippen molar-refractivity contribution < 1.29 is 13.2 Å².